The highest BCUT2D eigenvalue weighted by atomic mass is 35.5. The minimum atomic E-state index is -3.54. The second-order valence-corrected chi connectivity index (χ2v) is 7.63. The van der Waals surface area contributed by atoms with E-state index in [1.165, 1.54) is 17.7 Å². The highest BCUT2D eigenvalue weighted by molar-refractivity contribution is 7.89. The Kier molecular flexibility index (Phi) is 6.04. The first-order valence-electron chi connectivity index (χ1n) is 7.36. The molecule has 0 saturated carbocycles. The summed E-state index contributed by atoms with van der Waals surface area (Å²) in [4.78, 5) is 0.184. The van der Waals surface area contributed by atoms with E-state index in [1.807, 2.05) is 24.3 Å². The second kappa shape index (κ2) is 7.81. The van der Waals surface area contributed by atoms with E-state index >= 15 is 0 Å². The van der Waals surface area contributed by atoms with Crippen LogP contribution in [0.5, 0.6) is 5.75 Å². The van der Waals surface area contributed by atoms with Crippen molar-refractivity contribution in [2.75, 3.05) is 13.2 Å². The van der Waals surface area contributed by atoms with Crippen molar-refractivity contribution in [3.63, 3.8) is 0 Å². The van der Waals surface area contributed by atoms with Gasteiger partial charge in [0, 0.05) is 11.6 Å². The van der Waals surface area contributed by atoms with Crippen LogP contribution in [-0.4, -0.2) is 21.6 Å². The van der Waals surface area contributed by atoms with Gasteiger partial charge in [0.15, 0.2) is 0 Å². The zero-order chi connectivity index (χ0) is 16.9. The fourth-order valence-electron chi connectivity index (χ4n) is 2.01. The summed E-state index contributed by atoms with van der Waals surface area (Å²) in [6.45, 7) is 4.67. The summed E-state index contributed by atoms with van der Waals surface area (Å²) in [5, 5.41) is 0.498. The molecule has 0 aliphatic heterocycles. The average Bonchev–Trinajstić information content (AvgIpc) is 2.52. The van der Waals surface area contributed by atoms with Crippen LogP contribution in [0.1, 0.15) is 25.3 Å². The molecule has 0 aliphatic carbocycles. The smallest absolute Gasteiger partial charge is 0.240 e. The normalized spacial score (nSPS) is 11.7. The van der Waals surface area contributed by atoms with Gasteiger partial charge in [-0.3, -0.25) is 0 Å². The van der Waals surface area contributed by atoms with Gasteiger partial charge in [0.25, 0.3) is 0 Å². The molecule has 124 valence electrons. The van der Waals surface area contributed by atoms with E-state index < -0.39 is 10.0 Å². The topological polar surface area (TPSA) is 55.4 Å². The number of benzene rings is 2. The predicted molar refractivity (Wildman–Crippen MR) is 92.7 cm³/mol. The Labute approximate surface area is 142 Å². The van der Waals surface area contributed by atoms with Crippen molar-refractivity contribution in [1.29, 1.82) is 0 Å². The summed E-state index contributed by atoms with van der Waals surface area (Å²) < 4.78 is 32.3. The van der Waals surface area contributed by atoms with Gasteiger partial charge in [0.05, 0.1) is 4.90 Å². The van der Waals surface area contributed by atoms with Crippen LogP contribution in [0.4, 0.5) is 0 Å². The van der Waals surface area contributed by atoms with Crippen molar-refractivity contribution in [3.8, 4) is 5.75 Å². The van der Waals surface area contributed by atoms with Gasteiger partial charge in [0.2, 0.25) is 10.0 Å². The first-order chi connectivity index (χ1) is 10.9. The van der Waals surface area contributed by atoms with Crippen LogP contribution < -0.4 is 9.46 Å². The van der Waals surface area contributed by atoms with E-state index in [0.717, 1.165) is 5.75 Å². The summed E-state index contributed by atoms with van der Waals surface area (Å²) in [6, 6.07) is 13.8. The fourth-order valence-corrected chi connectivity index (χ4v) is 3.14. The van der Waals surface area contributed by atoms with Crippen LogP contribution in [0.15, 0.2) is 53.4 Å². The average molecular weight is 354 g/mol. The summed E-state index contributed by atoms with van der Waals surface area (Å²) >= 11 is 5.76. The Morgan fingerprint density at radius 1 is 1.13 bits per heavy atom. The molecule has 1 N–H and O–H groups in total. The molecule has 2 rings (SSSR count). The maximum absolute atomic E-state index is 12.1. The molecule has 0 spiro atoms. The van der Waals surface area contributed by atoms with Crippen LogP contribution in [0.2, 0.25) is 5.02 Å². The van der Waals surface area contributed by atoms with Crippen LogP contribution in [0.25, 0.3) is 0 Å². The van der Waals surface area contributed by atoms with Crippen molar-refractivity contribution in [1.82, 2.24) is 4.72 Å². The lowest BCUT2D eigenvalue weighted by Crippen LogP contribution is -2.28. The van der Waals surface area contributed by atoms with Crippen molar-refractivity contribution in [2.24, 2.45) is 0 Å². The molecular weight excluding hydrogens is 334 g/mol. The van der Waals surface area contributed by atoms with Gasteiger partial charge in [0.1, 0.15) is 12.4 Å². The molecule has 0 aromatic heterocycles. The molecule has 0 unspecified atom stereocenters. The molecule has 4 nitrogen and oxygen atoms in total. The highest BCUT2D eigenvalue weighted by Gasteiger charge is 2.12. The quantitative estimate of drug-likeness (QED) is 0.770. The summed E-state index contributed by atoms with van der Waals surface area (Å²) in [6.07, 6.45) is 0. The lowest BCUT2D eigenvalue weighted by Gasteiger charge is -2.11. The second-order valence-electron chi connectivity index (χ2n) is 5.43. The number of hydrogen-bond donors (Lipinski definition) is 1. The van der Waals surface area contributed by atoms with Crippen LogP contribution >= 0.6 is 11.6 Å². The summed E-state index contributed by atoms with van der Waals surface area (Å²) in [7, 11) is -3.54. The summed E-state index contributed by atoms with van der Waals surface area (Å²) in [5.74, 6) is 1.16. The van der Waals surface area contributed by atoms with Crippen LogP contribution in [0.3, 0.4) is 0 Å². The molecule has 0 aliphatic rings. The third-order valence-electron chi connectivity index (χ3n) is 3.31. The monoisotopic (exact) mass is 353 g/mol. The summed E-state index contributed by atoms with van der Waals surface area (Å²) in [5.41, 5.74) is 1.18. The van der Waals surface area contributed by atoms with Crippen molar-refractivity contribution in [3.05, 3.63) is 59.1 Å². The van der Waals surface area contributed by atoms with Crippen molar-refractivity contribution >= 4 is 21.6 Å². The predicted octanol–water partition coefficient (Wildman–Crippen LogP) is 3.82. The number of sulfonamides is 1. The minimum Gasteiger partial charge on any atom is -0.492 e. The molecule has 2 aromatic carbocycles. The Bertz CT molecular complexity index is 743. The number of nitrogens with one attached hydrogen (secondary N) is 1. The molecule has 0 amide bonds. The number of halogens is 1. The Morgan fingerprint density at radius 2 is 1.83 bits per heavy atom. The van der Waals surface area contributed by atoms with E-state index in [9.17, 15) is 8.42 Å². The van der Waals surface area contributed by atoms with Gasteiger partial charge in [-0.05, 0) is 47.9 Å². The largest absolute Gasteiger partial charge is 0.492 e. The first-order valence-corrected chi connectivity index (χ1v) is 9.22. The van der Waals surface area contributed by atoms with Gasteiger partial charge in [-0.1, -0.05) is 37.6 Å². The van der Waals surface area contributed by atoms with Crippen molar-refractivity contribution in [2.45, 2.75) is 24.7 Å². The van der Waals surface area contributed by atoms with E-state index in [2.05, 4.69) is 18.6 Å². The lowest BCUT2D eigenvalue weighted by molar-refractivity contribution is 0.322. The molecule has 0 radical (unpaired) electrons. The molecule has 0 atom stereocenters. The van der Waals surface area contributed by atoms with Crippen LogP contribution in [0, 0.1) is 0 Å². The van der Waals surface area contributed by atoms with E-state index in [-0.39, 0.29) is 18.0 Å². The minimum absolute atomic E-state index is 0.184. The molecule has 0 fully saturated rings. The highest BCUT2D eigenvalue weighted by Crippen LogP contribution is 2.20. The third kappa shape index (κ3) is 5.23. The van der Waals surface area contributed by atoms with Crippen molar-refractivity contribution < 1.29 is 13.2 Å². The van der Waals surface area contributed by atoms with Gasteiger partial charge in [-0.2, -0.15) is 0 Å². The van der Waals surface area contributed by atoms with E-state index in [1.54, 1.807) is 12.1 Å². The van der Waals surface area contributed by atoms with Gasteiger partial charge in [-0.15, -0.1) is 0 Å². The standard InChI is InChI=1S/C17H20ClNO3S/c1-13(2)14-4-3-5-16(12-14)22-11-10-19-23(20,21)17-8-6-15(18)7-9-17/h3-9,12-13,19H,10-11H2,1-2H3. The molecule has 0 bridgehead atoms. The van der Waals surface area contributed by atoms with Gasteiger partial charge >= 0.3 is 0 Å². The van der Waals surface area contributed by atoms with Crippen LogP contribution in [-0.2, 0) is 10.0 Å². The molecule has 0 heterocycles. The third-order valence-corrected chi connectivity index (χ3v) is 5.04. The SMILES string of the molecule is CC(C)c1cccc(OCCNS(=O)(=O)c2ccc(Cl)cc2)c1. The Balaban J connectivity index is 1.87. The fraction of sp³-hybridized carbons (Fsp3) is 0.294. The first kappa shape index (κ1) is 17.8. The van der Waals surface area contributed by atoms with E-state index in [0.29, 0.717) is 10.9 Å². The molecular formula is C17H20ClNO3S. The molecule has 23 heavy (non-hydrogen) atoms. The molecule has 6 heteroatoms. The Hall–Kier alpha value is -1.56. The lowest BCUT2D eigenvalue weighted by atomic mass is 10.0. The number of rotatable bonds is 7. The zero-order valence-electron chi connectivity index (χ0n) is 13.1. The maximum Gasteiger partial charge on any atom is 0.240 e. The van der Waals surface area contributed by atoms with Gasteiger partial charge < -0.3 is 4.74 Å². The molecule has 2 aromatic rings. The zero-order valence-corrected chi connectivity index (χ0v) is 14.7. The Morgan fingerprint density at radius 3 is 2.48 bits per heavy atom. The maximum atomic E-state index is 12.1. The number of hydrogen-bond acceptors (Lipinski definition) is 3. The number of ether oxygens (including phenoxy) is 1. The van der Waals surface area contributed by atoms with Gasteiger partial charge in [-0.25, -0.2) is 13.1 Å². The molecule has 0 saturated heterocycles. The van der Waals surface area contributed by atoms with E-state index in [4.69, 9.17) is 16.3 Å².